The van der Waals surface area contributed by atoms with Gasteiger partial charge in [0.25, 0.3) is 0 Å². The largest absolute Gasteiger partial charge is 0.442 e. The summed E-state index contributed by atoms with van der Waals surface area (Å²) < 4.78 is 37.0. The minimum atomic E-state index is -0.764. The van der Waals surface area contributed by atoms with Gasteiger partial charge in [-0.25, -0.2) is 4.79 Å². The topological polar surface area (TPSA) is 276 Å². The Kier molecular flexibility index (Phi) is 30.0. The van der Waals surface area contributed by atoms with Gasteiger partial charge in [-0.1, -0.05) is 10.2 Å². The lowest BCUT2D eigenvalue weighted by molar-refractivity contribution is -0.128. The molecule has 0 aromatic carbocycles. The molecule has 0 aromatic heterocycles. The highest BCUT2D eigenvalue weighted by Gasteiger charge is 2.20. The van der Waals surface area contributed by atoms with Crippen molar-refractivity contribution in [3.8, 4) is 0 Å². The number of nitrogens with one attached hydrogen (secondary N) is 3. The van der Waals surface area contributed by atoms with E-state index in [1.54, 1.807) is 20.8 Å². The zero-order chi connectivity index (χ0) is 37.1. The van der Waals surface area contributed by atoms with Crippen molar-refractivity contribution in [2.45, 2.75) is 58.1 Å². The molecule has 0 fully saturated rings. The van der Waals surface area contributed by atoms with Gasteiger partial charge in [0.2, 0.25) is 11.8 Å². The van der Waals surface area contributed by atoms with Crippen molar-refractivity contribution < 1.29 is 57.2 Å². The van der Waals surface area contributed by atoms with Gasteiger partial charge in [-0.3, -0.25) is 19.2 Å². The maximum absolute atomic E-state index is 12.7. The van der Waals surface area contributed by atoms with Crippen LogP contribution in [-0.2, 0) is 52.4 Å². The summed E-state index contributed by atoms with van der Waals surface area (Å²) in [5, 5.41) is 12.1. The molecule has 21 heteroatoms. The van der Waals surface area contributed by atoms with E-state index in [0.717, 1.165) is 0 Å². The van der Waals surface area contributed by atoms with E-state index in [4.69, 9.17) is 49.1 Å². The van der Waals surface area contributed by atoms with Crippen molar-refractivity contribution in [2.24, 2.45) is 10.2 Å². The smallest absolute Gasteiger partial charge is 0.431 e. The molecule has 0 aromatic rings. The van der Waals surface area contributed by atoms with Gasteiger partial charge < -0.3 is 43.8 Å². The number of amides is 3. The van der Waals surface area contributed by atoms with Crippen molar-refractivity contribution in [2.75, 3.05) is 106 Å². The summed E-state index contributed by atoms with van der Waals surface area (Å²) in [5.41, 5.74) is 17.9. The van der Waals surface area contributed by atoms with Crippen molar-refractivity contribution in [3.63, 3.8) is 0 Å². The molecule has 50 heavy (non-hydrogen) atoms. The number of rotatable bonds is 33. The number of azide groups is 2. The highest BCUT2D eigenvalue weighted by molar-refractivity contribution is 5.84. The van der Waals surface area contributed by atoms with Crippen LogP contribution in [0.5, 0.6) is 0 Å². The second kappa shape index (κ2) is 32.4. The van der Waals surface area contributed by atoms with Gasteiger partial charge in [-0.2, -0.15) is 5.48 Å². The van der Waals surface area contributed by atoms with Crippen LogP contribution in [-0.4, -0.2) is 141 Å². The van der Waals surface area contributed by atoms with Crippen LogP contribution in [0.4, 0.5) is 4.79 Å². The molecule has 286 valence electrons. The predicted molar refractivity (Wildman–Crippen MR) is 177 cm³/mol. The molecule has 3 N–H and O–H groups in total. The number of carbonyl (C=O) groups is 4. The summed E-state index contributed by atoms with van der Waals surface area (Å²) in [4.78, 5) is 59.5. The van der Waals surface area contributed by atoms with Gasteiger partial charge >= 0.3 is 6.09 Å². The number of Topliss-reactive ketones (excluding diaryl/α,β-unsaturated/α-hetero) is 1. The Morgan fingerprint density at radius 2 is 1.22 bits per heavy atom. The Hall–Kier alpha value is -3.78. The third kappa shape index (κ3) is 34.1. The monoisotopic (exact) mass is 719 g/mol. The molecule has 0 bridgehead atoms. The quantitative estimate of drug-likeness (QED) is 0.0288. The van der Waals surface area contributed by atoms with Crippen LogP contribution in [0.15, 0.2) is 10.2 Å². The van der Waals surface area contributed by atoms with Crippen LogP contribution in [0.25, 0.3) is 20.9 Å². The van der Waals surface area contributed by atoms with Crippen molar-refractivity contribution >= 4 is 23.7 Å². The lowest BCUT2D eigenvalue weighted by Gasteiger charge is -2.19. The van der Waals surface area contributed by atoms with Crippen molar-refractivity contribution in [3.05, 3.63) is 20.9 Å². The van der Waals surface area contributed by atoms with E-state index in [9.17, 15) is 19.2 Å². The van der Waals surface area contributed by atoms with E-state index in [1.807, 2.05) is 0 Å². The zero-order valence-corrected chi connectivity index (χ0v) is 29.3. The van der Waals surface area contributed by atoms with Crippen LogP contribution in [0.3, 0.4) is 0 Å². The fourth-order valence-electron chi connectivity index (χ4n) is 3.59. The van der Waals surface area contributed by atoms with Crippen LogP contribution in [0.1, 0.15) is 46.5 Å². The van der Waals surface area contributed by atoms with Crippen LogP contribution in [0.2, 0.25) is 0 Å². The first kappa shape index (κ1) is 46.2. The summed E-state index contributed by atoms with van der Waals surface area (Å²) in [5.74, 6) is -1.04. The molecule has 0 saturated carbocycles. The first-order valence-electron chi connectivity index (χ1n) is 16.2. The Morgan fingerprint density at radius 1 is 0.680 bits per heavy atom. The number of hydroxylamine groups is 1. The molecule has 0 heterocycles. The standard InChI is InChI=1S/C29H53N9O12/c1-29(2,3)50-28(42)36-49-20-19-47-17-18-48-23-27(41)35-24(21-25(39)5-4-9-43-13-14-45-11-7-33-37-30)22-26(40)32-6-10-44-15-16-46-12-8-34-38-31/h24H,4-23H2,1-3H3,(H,32,40)(H,35,41)(H,36,42). The molecule has 3 amide bonds. The number of hydrogen-bond acceptors (Lipinski definition) is 14. The number of nitrogens with zero attached hydrogens (tertiary/aromatic N) is 6. The highest BCUT2D eigenvalue weighted by atomic mass is 16.7. The van der Waals surface area contributed by atoms with E-state index in [1.165, 1.54) is 0 Å². The number of ether oxygens (including phenoxy) is 7. The summed E-state index contributed by atoms with van der Waals surface area (Å²) in [6.45, 7) is 8.37. The first-order valence-corrected chi connectivity index (χ1v) is 16.2. The third-order valence-electron chi connectivity index (χ3n) is 5.61. The fraction of sp³-hybridized carbons (Fsp3) is 0.862. The molecule has 0 rings (SSSR count). The van der Waals surface area contributed by atoms with Gasteiger partial charge in [0.1, 0.15) is 18.0 Å². The predicted octanol–water partition coefficient (Wildman–Crippen LogP) is 1.89. The highest BCUT2D eigenvalue weighted by Crippen LogP contribution is 2.06. The number of ketones is 1. The Bertz CT molecular complexity index is 986. The SMILES string of the molecule is CC(C)(C)OC(=O)NOCCOCCOCC(=O)NC(CC(=O)CCCOCCOCCN=[N+]=[N-])CC(=O)NCCOCCOCCN=[N+]=[N-]. The van der Waals surface area contributed by atoms with Gasteiger partial charge in [0.05, 0.1) is 72.7 Å². The van der Waals surface area contributed by atoms with E-state index in [-0.39, 0.29) is 103 Å². The Labute approximate surface area is 291 Å². The summed E-state index contributed by atoms with van der Waals surface area (Å²) in [6.07, 6.45) is -0.280. The average Bonchev–Trinajstić information content (AvgIpc) is 3.04. The molecule has 0 aliphatic heterocycles. The molecule has 0 aliphatic rings. The maximum Gasteiger partial charge on any atom is 0.431 e. The number of carbonyl (C=O) groups excluding carboxylic acids is 4. The molecule has 1 unspecified atom stereocenters. The zero-order valence-electron chi connectivity index (χ0n) is 29.3. The van der Waals surface area contributed by atoms with E-state index in [0.29, 0.717) is 39.5 Å². The van der Waals surface area contributed by atoms with Crippen LogP contribution < -0.4 is 16.1 Å². The minimum Gasteiger partial charge on any atom is -0.442 e. The summed E-state index contributed by atoms with van der Waals surface area (Å²) in [7, 11) is 0. The molecule has 0 spiro atoms. The fourth-order valence-corrected chi connectivity index (χ4v) is 3.59. The molecule has 21 nitrogen and oxygen atoms in total. The minimum absolute atomic E-state index is 0.0637. The van der Waals surface area contributed by atoms with Crippen molar-refractivity contribution in [1.29, 1.82) is 0 Å². The van der Waals surface area contributed by atoms with Crippen LogP contribution in [0, 0.1) is 0 Å². The van der Waals surface area contributed by atoms with E-state index < -0.39 is 23.6 Å². The molecular formula is C29H53N9O12. The summed E-state index contributed by atoms with van der Waals surface area (Å²) >= 11 is 0. The first-order chi connectivity index (χ1) is 24.1. The lowest BCUT2D eigenvalue weighted by Crippen LogP contribution is -2.42. The Balaban J connectivity index is 4.45. The van der Waals surface area contributed by atoms with Gasteiger partial charge in [-0.05, 0) is 38.3 Å². The van der Waals surface area contributed by atoms with Gasteiger partial charge in [0, 0.05) is 61.4 Å². The lowest BCUT2D eigenvalue weighted by atomic mass is 10.0. The number of hydrogen-bond donors (Lipinski definition) is 3. The molecule has 0 aliphatic carbocycles. The van der Waals surface area contributed by atoms with Gasteiger partial charge in [0.15, 0.2) is 0 Å². The maximum atomic E-state index is 12.7. The second-order valence-corrected chi connectivity index (χ2v) is 11.1. The normalized spacial score (nSPS) is 11.5. The molecule has 1 atom stereocenters. The van der Waals surface area contributed by atoms with Crippen molar-refractivity contribution in [1.82, 2.24) is 16.1 Å². The van der Waals surface area contributed by atoms with E-state index in [2.05, 4.69) is 36.2 Å². The van der Waals surface area contributed by atoms with E-state index >= 15 is 0 Å². The summed E-state index contributed by atoms with van der Waals surface area (Å²) in [6, 6.07) is -0.764. The molecule has 0 radical (unpaired) electrons. The van der Waals surface area contributed by atoms with Gasteiger partial charge in [-0.15, -0.1) is 0 Å². The third-order valence-corrected chi connectivity index (χ3v) is 5.61. The van der Waals surface area contributed by atoms with Crippen LogP contribution >= 0.6 is 0 Å². The molecular weight excluding hydrogens is 666 g/mol. The average molecular weight is 720 g/mol. The molecule has 0 saturated heterocycles. The Morgan fingerprint density at radius 3 is 1.82 bits per heavy atom. The second-order valence-electron chi connectivity index (χ2n) is 11.1.